The highest BCUT2D eigenvalue weighted by molar-refractivity contribution is 5.80. The molecule has 0 amide bonds. The van der Waals surface area contributed by atoms with Crippen molar-refractivity contribution in [2.75, 3.05) is 6.61 Å². The molecule has 7 heteroatoms. The summed E-state index contributed by atoms with van der Waals surface area (Å²) in [6, 6.07) is 5.01. The van der Waals surface area contributed by atoms with Crippen LogP contribution in [0.25, 0.3) is 0 Å². The van der Waals surface area contributed by atoms with E-state index in [9.17, 15) is 27.5 Å². The lowest BCUT2D eigenvalue weighted by molar-refractivity contribution is -0.267. The first-order valence-electron chi connectivity index (χ1n) is 6.66. The van der Waals surface area contributed by atoms with Crippen LogP contribution < -0.4 is 0 Å². The Bertz CT molecular complexity index is 540. The van der Waals surface area contributed by atoms with Crippen molar-refractivity contribution < 1.29 is 32.2 Å². The predicted octanol–water partition coefficient (Wildman–Crippen LogP) is 3.35. The van der Waals surface area contributed by atoms with Crippen LogP contribution in [0, 0.1) is 5.82 Å². The minimum atomic E-state index is -5.20. The molecular formula is C15H18F4O3. The van der Waals surface area contributed by atoms with Gasteiger partial charge < -0.3 is 9.84 Å². The number of hydrogen-bond donors (Lipinski definition) is 1. The van der Waals surface area contributed by atoms with Gasteiger partial charge in [-0.25, -0.2) is 9.18 Å². The molecule has 0 aromatic heterocycles. The summed E-state index contributed by atoms with van der Waals surface area (Å²) in [4.78, 5) is 11.6. The Kier molecular flexibility index (Phi) is 5.22. The number of hydrogen-bond acceptors (Lipinski definition) is 3. The Morgan fingerprint density at radius 1 is 1.27 bits per heavy atom. The van der Waals surface area contributed by atoms with Gasteiger partial charge in [-0.05, 0) is 30.0 Å². The summed E-state index contributed by atoms with van der Waals surface area (Å²) >= 11 is 0. The van der Waals surface area contributed by atoms with Crippen molar-refractivity contribution >= 4 is 5.97 Å². The fraction of sp³-hybridized carbons (Fsp3) is 0.533. The molecule has 0 aliphatic rings. The lowest BCUT2D eigenvalue weighted by Gasteiger charge is -2.36. The van der Waals surface area contributed by atoms with Gasteiger partial charge in [0.2, 0.25) is 0 Å². The van der Waals surface area contributed by atoms with E-state index in [1.807, 2.05) is 0 Å². The first kappa shape index (κ1) is 18.4. The highest BCUT2D eigenvalue weighted by Crippen LogP contribution is 2.41. The summed E-state index contributed by atoms with van der Waals surface area (Å²) in [7, 11) is 0. The Morgan fingerprint density at radius 2 is 1.86 bits per heavy atom. The zero-order valence-electron chi connectivity index (χ0n) is 12.5. The predicted molar refractivity (Wildman–Crippen MR) is 71.7 cm³/mol. The number of aliphatic hydroxyl groups is 1. The molecule has 0 heterocycles. The molecule has 124 valence electrons. The lowest BCUT2D eigenvalue weighted by Crippen LogP contribution is -2.55. The molecular weight excluding hydrogens is 304 g/mol. The van der Waals surface area contributed by atoms with Gasteiger partial charge in [-0.15, -0.1) is 0 Å². The first-order valence-corrected chi connectivity index (χ1v) is 6.66. The second kappa shape index (κ2) is 6.24. The van der Waals surface area contributed by atoms with Gasteiger partial charge >= 0.3 is 12.1 Å². The molecule has 0 bridgehead atoms. The zero-order valence-corrected chi connectivity index (χ0v) is 12.5. The van der Waals surface area contributed by atoms with Crippen LogP contribution in [0.4, 0.5) is 17.6 Å². The van der Waals surface area contributed by atoms with Gasteiger partial charge in [-0.1, -0.05) is 26.0 Å². The van der Waals surface area contributed by atoms with E-state index in [0.717, 1.165) is 12.1 Å². The molecule has 1 atom stereocenters. The van der Waals surface area contributed by atoms with E-state index in [4.69, 9.17) is 0 Å². The second-order valence-electron chi connectivity index (χ2n) is 5.65. The van der Waals surface area contributed by atoms with Crippen LogP contribution in [0.1, 0.15) is 32.8 Å². The van der Waals surface area contributed by atoms with Gasteiger partial charge in [0, 0.05) is 6.42 Å². The van der Waals surface area contributed by atoms with E-state index in [1.54, 1.807) is 0 Å². The molecule has 1 N–H and O–H groups in total. The third kappa shape index (κ3) is 3.76. The first-order chi connectivity index (χ1) is 9.94. The highest BCUT2D eigenvalue weighted by Gasteiger charge is 2.62. The molecule has 1 unspecified atom stereocenters. The SMILES string of the molecule is CCOC(=O)C(O)(CC(C)(C)c1cccc(F)c1)C(F)(F)F. The smallest absolute Gasteiger partial charge is 0.428 e. The molecule has 0 radical (unpaired) electrons. The number of carbonyl (C=O) groups is 1. The van der Waals surface area contributed by atoms with Gasteiger partial charge in [0.15, 0.2) is 0 Å². The average molecular weight is 322 g/mol. The van der Waals surface area contributed by atoms with E-state index in [2.05, 4.69) is 4.74 Å². The number of esters is 1. The van der Waals surface area contributed by atoms with Gasteiger partial charge in [0.05, 0.1) is 6.61 Å². The summed E-state index contributed by atoms with van der Waals surface area (Å²) in [5.41, 5.74) is -4.72. The van der Waals surface area contributed by atoms with E-state index in [0.29, 0.717) is 0 Å². The van der Waals surface area contributed by atoms with Crippen molar-refractivity contribution in [3.8, 4) is 0 Å². The molecule has 0 saturated carbocycles. The van der Waals surface area contributed by atoms with Gasteiger partial charge in [0.1, 0.15) is 5.82 Å². The van der Waals surface area contributed by atoms with Crippen LogP contribution in [-0.2, 0) is 14.9 Å². The minimum Gasteiger partial charge on any atom is -0.464 e. The maximum absolute atomic E-state index is 13.3. The fourth-order valence-corrected chi connectivity index (χ4v) is 2.19. The van der Waals surface area contributed by atoms with Crippen LogP contribution in [-0.4, -0.2) is 29.5 Å². The number of ether oxygens (including phenoxy) is 1. The number of benzene rings is 1. The largest absolute Gasteiger partial charge is 0.464 e. The average Bonchev–Trinajstić information content (AvgIpc) is 2.37. The molecule has 0 spiro atoms. The molecule has 0 aliphatic carbocycles. The minimum absolute atomic E-state index is 0.236. The maximum atomic E-state index is 13.3. The monoisotopic (exact) mass is 322 g/mol. The van der Waals surface area contributed by atoms with Gasteiger partial charge in [-0.2, -0.15) is 13.2 Å². The molecule has 22 heavy (non-hydrogen) atoms. The number of alkyl halides is 3. The van der Waals surface area contributed by atoms with Crippen LogP contribution in [0.15, 0.2) is 24.3 Å². The zero-order chi connectivity index (χ0) is 17.2. The summed E-state index contributed by atoms with van der Waals surface area (Å²) in [5, 5.41) is 9.92. The van der Waals surface area contributed by atoms with Crippen molar-refractivity contribution in [1.82, 2.24) is 0 Å². The Balaban J connectivity index is 3.21. The molecule has 1 aromatic rings. The normalized spacial score (nSPS) is 15.3. The Labute approximate surface area is 125 Å². The van der Waals surface area contributed by atoms with Crippen molar-refractivity contribution in [2.45, 2.75) is 44.4 Å². The van der Waals surface area contributed by atoms with Crippen LogP contribution in [0.3, 0.4) is 0 Å². The number of rotatable bonds is 5. The molecule has 0 fully saturated rings. The third-order valence-corrected chi connectivity index (χ3v) is 3.39. The molecule has 0 saturated heterocycles. The Morgan fingerprint density at radius 3 is 2.32 bits per heavy atom. The fourth-order valence-electron chi connectivity index (χ4n) is 2.19. The maximum Gasteiger partial charge on any atom is 0.428 e. The summed E-state index contributed by atoms with van der Waals surface area (Å²) in [5.74, 6) is -2.37. The number of carbonyl (C=O) groups excluding carboxylic acids is 1. The third-order valence-electron chi connectivity index (χ3n) is 3.39. The lowest BCUT2D eigenvalue weighted by atomic mass is 9.75. The highest BCUT2D eigenvalue weighted by atomic mass is 19.4. The quantitative estimate of drug-likeness (QED) is 0.668. The second-order valence-corrected chi connectivity index (χ2v) is 5.65. The van der Waals surface area contributed by atoms with E-state index in [-0.39, 0.29) is 12.2 Å². The summed E-state index contributed by atoms with van der Waals surface area (Å²) < 4.78 is 57.2. The van der Waals surface area contributed by atoms with Crippen LogP contribution in [0.5, 0.6) is 0 Å². The molecule has 3 nitrogen and oxygen atoms in total. The van der Waals surface area contributed by atoms with Crippen LogP contribution in [0.2, 0.25) is 0 Å². The van der Waals surface area contributed by atoms with Gasteiger partial charge in [0.25, 0.3) is 5.60 Å². The van der Waals surface area contributed by atoms with Gasteiger partial charge in [-0.3, -0.25) is 0 Å². The summed E-state index contributed by atoms with van der Waals surface area (Å²) in [6.07, 6.45) is -6.18. The summed E-state index contributed by atoms with van der Waals surface area (Å²) in [6.45, 7) is 3.82. The van der Waals surface area contributed by atoms with E-state index >= 15 is 0 Å². The van der Waals surface area contributed by atoms with Crippen molar-refractivity contribution in [3.63, 3.8) is 0 Å². The molecule has 0 aliphatic heterocycles. The van der Waals surface area contributed by atoms with E-state index in [1.165, 1.54) is 32.9 Å². The van der Waals surface area contributed by atoms with Crippen molar-refractivity contribution in [2.24, 2.45) is 0 Å². The topological polar surface area (TPSA) is 46.5 Å². The Hall–Kier alpha value is -1.63. The van der Waals surface area contributed by atoms with Crippen molar-refractivity contribution in [3.05, 3.63) is 35.6 Å². The molecule has 1 rings (SSSR count). The number of halogens is 4. The van der Waals surface area contributed by atoms with E-state index < -0.39 is 35.4 Å². The van der Waals surface area contributed by atoms with Crippen LogP contribution >= 0.6 is 0 Å². The standard InChI is InChI=1S/C15H18F4O3/c1-4-22-12(20)14(21,15(17,18)19)9-13(2,3)10-6-5-7-11(16)8-10/h5-8,21H,4,9H2,1-3H3. The van der Waals surface area contributed by atoms with Crippen molar-refractivity contribution in [1.29, 1.82) is 0 Å². The molecule has 1 aromatic carbocycles.